The molecule has 122 valence electrons. The maximum atomic E-state index is 12.9. The van der Waals surface area contributed by atoms with Gasteiger partial charge in [-0.3, -0.25) is 19.8 Å². The molecule has 2 amide bonds. The van der Waals surface area contributed by atoms with Crippen LogP contribution in [0.2, 0.25) is 0 Å². The van der Waals surface area contributed by atoms with Gasteiger partial charge in [0.15, 0.2) is 5.11 Å². The molecule has 0 bridgehead atoms. The van der Waals surface area contributed by atoms with Crippen LogP contribution in [0, 0.1) is 20.8 Å². The van der Waals surface area contributed by atoms with Crippen LogP contribution in [0.25, 0.3) is 6.08 Å². The molecule has 3 rings (SSSR count). The smallest absolute Gasteiger partial charge is 0.270 e. The molecule has 0 aliphatic carbocycles. The van der Waals surface area contributed by atoms with Gasteiger partial charge in [-0.2, -0.15) is 0 Å². The fourth-order valence-corrected chi connectivity index (χ4v) is 3.73. The molecule has 1 aliphatic heterocycles. The van der Waals surface area contributed by atoms with Crippen molar-refractivity contribution in [3.63, 3.8) is 0 Å². The molecule has 0 saturated carbocycles. The zero-order valence-electron chi connectivity index (χ0n) is 13.5. The average Bonchev–Trinajstić information content (AvgIpc) is 2.90. The summed E-state index contributed by atoms with van der Waals surface area (Å²) in [4.78, 5) is 27.5. The number of hydrogen-bond acceptors (Lipinski definition) is 4. The van der Waals surface area contributed by atoms with Gasteiger partial charge in [0.25, 0.3) is 11.8 Å². The molecule has 0 radical (unpaired) electrons. The van der Waals surface area contributed by atoms with E-state index >= 15 is 0 Å². The largest absolute Gasteiger partial charge is 0.298 e. The number of nitrogens with one attached hydrogen (secondary N) is 1. The molecular weight excluding hydrogens is 340 g/mol. The summed E-state index contributed by atoms with van der Waals surface area (Å²) in [6.07, 6.45) is 1.63. The summed E-state index contributed by atoms with van der Waals surface area (Å²) in [5.41, 5.74) is 3.83. The number of anilines is 1. The molecule has 0 unspecified atom stereocenters. The Morgan fingerprint density at radius 3 is 2.50 bits per heavy atom. The second-order valence-corrected chi connectivity index (χ2v) is 7.05. The fourth-order valence-electron chi connectivity index (χ4n) is 2.60. The minimum atomic E-state index is -0.459. The van der Waals surface area contributed by atoms with Crippen molar-refractivity contribution in [3.8, 4) is 0 Å². The van der Waals surface area contributed by atoms with Gasteiger partial charge in [-0.05, 0) is 67.7 Å². The molecular formula is C18H16N2O2S2. The number of hydrogen-bond donors (Lipinski definition) is 1. The Hall–Kier alpha value is -2.31. The van der Waals surface area contributed by atoms with Crippen LogP contribution in [0.15, 0.2) is 35.2 Å². The predicted molar refractivity (Wildman–Crippen MR) is 101 cm³/mol. The van der Waals surface area contributed by atoms with Gasteiger partial charge >= 0.3 is 0 Å². The third kappa shape index (κ3) is 2.90. The third-order valence-electron chi connectivity index (χ3n) is 3.87. The molecule has 2 heterocycles. The number of rotatable bonds is 2. The lowest BCUT2D eigenvalue weighted by atomic mass is 10.1. The van der Waals surface area contributed by atoms with E-state index in [4.69, 9.17) is 12.2 Å². The molecule has 4 nitrogen and oxygen atoms in total. The van der Waals surface area contributed by atoms with Crippen molar-refractivity contribution in [3.05, 3.63) is 56.8 Å². The van der Waals surface area contributed by atoms with Gasteiger partial charge in [-0.15, -0.1) is 11.3 Å². The summed E-state index contributed by atoms with van der Waals surface area (Å²) in [6, 6.07) is 7.70. The second kappa shape index (κ2) is 6.30. The number of thiocarbonyl (C=S) groups is 1. The Bertz CT molecular complexity index is 896. The minimum Gasteiger partial charge on any atom is -0.298 e. The Kier molecular flexibility index (Phi) is 4.34. The normalized spacial score (nSPS) is 16.7. The van der Waals surface area contributed by atoms with Crippen LogP contribution >= 0.6 is 23.6 Å². The van der Waals surface area contributed by atoms with Gasteiger partial charge in [-0.25, -0.2) is 0 Å². The van der Waals surface area contributed by atoms with Crippen LogP contribution in [-0.4, -0.2) is 16.9 Å². The zero-order chi connectivity index (χ0) is 17.4. The Morgan fingerprint density at radius 2 is 1.88 bits per heavy atom. The van der Waals surface area contributed by atoms with E-state index in [1.807, 2.05) is 50.4 Å². The van der Waals surface area contributed by atoms with Crippen LogP contribution in [0.1, 0.15) is 21.6 Å². The number of carbonyl (C=O) groups excluding carboxylic acids is 2. The topological polar surface area (TPSA) is 49.4 Å². The van der Waals surface area contributed by atoms with Gasteiger partial charge in [-0.1, -0.05) is 17.7 Å². The van der Waals surface area contributed by atoms with E-state index in [9.17, 15) is 9.59 Å². The Morgan fingerprint density at radius 1 is 1.12 bits per heavy atom. The van der Waals surface area contributed by atoms with Crippen molar-refractivity contribution in [1.82, 2.24) is 5.32 Å². The first-order valence-electron chi connectivity index (χ1n) is 7.41. The Labute approximate surface area is 149 Å². The number of thiophene rings is 1. The molecule has 1 aliphatic rings. The molecule has 2 aromatic rings. The minimum absolute atomic E-state index is 0.0918. The lowest BCUT2D eigenvalue weighted by molar-refractivity contribution is -0.122. The van der Waals surface area contributed by atoms with E-state index < -0.39 is 11.8 Å². The molecule has 6 heteroatoms. The number of nitrogens with zero attached hydrogens (tertiary/aromatic N) is 1. The number of carbonyl (C=O) groups is 2. The van der Waals surface area contributed by atoms with Gasteiger partial charge in [0, 0.05) is 4.88 Å². The first-order chi connectivity index (χ1) is 11.4. The van der Waals surface area contributed by atoms with E-state index in [0.29, 0.717) is 5.69 Å². The first kappa shape index (κ1) is 16.5. The number of amides is 2. The summed E-state index contributed by atoms with van der Waals surface area (Å²) in [5, 5.41) is 4.65. The lowest BCUT2D eigenvalue weighted by Gasteiger charge is -2.30. The summed E-state index contributed by atoms with van der Waals surface area (Å²) < 4.78 is 0. The quantitative estimate of drug-likeness (QED) is 0.509. The van der Waals surface area contributed by atoms with Crippen molar-refractivity contribution < 1.29 is 9.59 Å². The molecule has 1 fully saturated rings. The van der Waals surface area contributed by atoms with Gasteiger partial charge in [0.05, 0.1) is 5.69 Å². The van der Waals surface area contributed by atoms with Crippen LogP contribution in [0.3, 0.4) is 0 Å². The van der Waals surface area contributed by atoms with Gasteiger partial charge in [0.1, 0.15) is 5.57 Å². The van der Waals surface area contributed by atoms with Crippen molar-refractivity contribution in [2.75, 3.05) is 4.90 Å². The summed E-state index contributed by atoms with van der Waals surface area (Å²) in [5.74, 6) is -0.859. The maximum Gasteiger partial charge on any atom is 0.270 e. The molecule has 24 heavy (non-hydrogen) atoms. The van der Waals surface area contributed by atoms with Crippen LogP contribution < -0.4 is 10.2 Å². The SMILES string of the molecule is Cc1ccc(N2C(=O)/C(=C/c3sccc3C)C(=O)NC2=S)c(C)c1. The van der Waals surface area contributed by atoms with Crippen molar-refractivity contribution >= 4 is 52.2 Å². The van der Waals surface area contributed by atoms with E-state index in [1.165, 1.54) is 16.2 Å². The molecule has 1 aromatic heterocycles. The zero-order valence-corrected chi connectivity index (χ0v) is 15.2. The maximum absolute atomic E-state index is 12.9. The summed E-state index contributed by atoms with van der Waals surface area (Å²) in [7, 11) is 0. The van der Waals surface area contributed by atoms with Crippen molar-refractivity contribution in [2.45, 2.75) is 20.8 Å². The van der Waals surface area contributed by atoms with E-state index in [2.05, 4.69) is 5.32 Å². The molecule has 1 aromatic carbocycles. The standard InChI is InChI=1S/C18H16N2O2S2/c1-10-4-5-14(12(3)8-10)20-17(22)13(16(21)19-18(20)23)9-15-11(2)6-7-24-15/h4-9H,1-3H3,(H,19,21,23)/b13-9+. The predicted octanol–water partition coefficient (Wildman–Crippen LogP) is 3.50. The number of aryl methyl sites for hydroxylation is 3. The molecule has 0 spiro atoms. The highest BCUT2D eigenvalue weighted by molar-refractivity contribution is 7.80. The van der Waals surface area contributed by atoms with E-state index in [0.717, 1.165) is 21.6 Å². The fraction of sp³-hybridized carbons (Fsp3) is 0.167. The highest BCUT2D eigenvalue weighted by atomic mass is 32.1. The molecule has 1 N–H and O–H groups in total. The average molecular weight is 356 g/mol. The van der Waals surface area contributed by atoms with Crippen LogP contribution in [0.5, 0.6) is 0 Å². The van der Waals surface area contributed by atoms with Crippen LogP contribution in [0.4, 0.5) is 5.69 Å². The van der Waals surface area contributed by atoms with E-state index in [-0.39, 0.29) is 10.7 Å². The van der Waals surface area contributed by atoms with Crippen molar-refractivity contribution in [1.29, 1.82) is 0 Å². The third-order valence-corrected chi connectivity index (χ3v) is 5.12. The number of benzene rings is 1. The summed E-state index contributed by atoms with van der Waals surface area (Å²) >= 11 is 6.72. The Balaban J connectivity index is 2.06. The molecule has 1 saturated heterocycles. The summed E-state index contributed by atoms with van der Waals surface area (Å²) in [6.45, 7) is 5.85. The van der Waals surface area contributed by atoms with Gasteiger partial charge in [0.2, 0.25) is 0 Å². The van der Waals surface area contributed by atoms with Gasteiger partial charge < -0.3 is 0 Å². The molecule has 0 atom stereocenters. The monoisotopic (exact) mass is 356 g/mol. The highest BCUT2D eigenvalue weighted by Crippen LogP contribution is 2.27. The second-order valence-electron chi connectivity index (χ2n) is 5.72. The lowest BCUT2D eigenvalue weighted by Crippen LogP contribution is -2.54. The highest BCUT2D eigenvalue weighted by Gasteiger charge is 2.35. The first-order valence-corrected chi connectivity index (χ1v) is 8.70. The van der Waals surface area contributed by atoms with E-state index in [1.54, 1.807) is 6.08 Å². The van der Waals surface area contributed by atoms with Crippen molar-refractivity contribution in [2.24, 2.45) is 0 Å². The van der Waals surface area contributed by atoms with Crippen LogP contribution in [-0.2, 0) is 9.59 Å².